The molecule has 1 aromatic rings. The van der Waals surface area contributed by atoms with Crippen molar-refractivity contribution in [2.75, 3.05) is 20.3 Å². The van der Waals surface area contributed by atoms with Crippen LogP contribution in [0.4, 0.5) is 0 Å². The Kier molecular flexibility index (Phi) is 8.43. The Bertz CT molecular complexity index is 514. The molecule has 1 atom stereocenters. The predicted octanol–water partition coefficient (Wildman–Crippen LogP) is 1.84. The Hall–Kier alpha value is -1.69. The van der Waals surface area contributed by atoms with Crippen LogP contribution in [0.5, 0.6) is 0 Å². The summed E-state index contributed by atoms with van der Waals surface area (Å²) in [6.45, 7) is 5.67. The average molecular weight is 309 g/mol. The van der Waals surface area contributed by atoms with E-state index in [1.54, 1.807) is 7.11 Å². The van der Waals surface area contributed by atoms with Crippen LogP contribution in [0.1, 0.15) is 50.0 Å². The second kappa shape index (κ2) is 10.1. The normalized spacial score (nSPS) is 12.1. The molecule has 0 aliphatic carbocycles. The van der Waals surface area contributed by atoms with E-state index < -0.39 is 0 Å². The minimum Gasteiger partial charge on any atom is -0.383 e. The number of rotatable bonds is 10. The number of aromatic nitrogens is 2. The quantitative estimate of drug-likeness (QED) is 0.715. The van der Waals surface area contributed by atoms with Crippen LogP contribution < -0.4 is 10.9 Å². The van der Waals surface area contributed by atoms with E-state index in [4.69, 9.17) is 4.74 Å². The molecule has 1 unspecified atom stereocenters. The number of unbranched alkanes of at least 4 members (excludes halogenated alkanes) is 1. The first-order chi connectivity index (χ1) is 10.6. The van der Waals surface area contributed by atoms with Crippen LogP contribution in [0, 0.1) is 5.92 Å². The zero-order valence-corrected chi connectivity index (χ0v) is 13.8. The molecule has 0 radical (unpaired) electrons. The first-order valence-corrected chi connectivity index (χ1v) is 7.97. The molecule has 124 valence electrons. The summed E-state index contributed by atoms with van der Waals surface area (Å²) in [5.74, 6) is 0.254. The van der Waals surface area contributed by atoms with Crippen LogP contribution in [-0.4, -0.2) is 35.9 Å². The van der Waals surface area contributed by atoms with E-state index in [2.05, 4.69) is 24.3 Å². The van der Waals surface area contributed by atoms with Gasteiger partial charge in [-0.1, -0.05) is 33.1 Å². The van der Waals surface area contributed by atoms with Gasteiger partial charge in [0.2, 0.25) is 0 Å². The first-order valence-electron chi connectivity index (χ1n) is 7.97. The van der Waals surface area contributed by atoms with Crippen molar-refractivity contribution in [3.05, 3.63) is 28.2 Å². The lowest BCUT2D eigenvalue weighted by atomic mass is 9.99. The van der Waals surface area contributed by atoms with Crippen LogP contribution in [0.2, 0.25) is 0 Å². The number of hydrogen-bond donors (Lipinski definition) is 1. The number of methoxy groups -OCH3 is 1. The smallest absolute Gasteiger partial charge is 0.271 e. The summed E-state index contributed by atoms with van der Waals surface area (Å²) < 4.78 is 6.19. The topological polar surface area (TPSA) is 73.2 Å². The molecule has 0 fully saturated rings. The fourth-order valence-corrected chi connectivity index (χ4v) is 2.18. The monoisotopic (exact) mass is 309 g/mol. The Morgan fingerprint density at radius 1 is 1.41 bits per heavy atom. The van der Waals surface area contributed by atoms with E-state index in [1.165, 1.54) is 23.2 Å². The zero-order chi connectivity index (χ0) is 16.4. The van der Waals surface area contributed by atoms with Crippen LogP contribution in [-0.2, 0) is 11.3 Å². The second-order valence-electron chi connectivity index (χ2n) is 5.40. The van der Waals surface area contributed by atoms with Gasteiger partial charge in [-0.15, -0.1) is 0 Å². The van der Waals surface area contributed by atoms with E-state index >= 15 is 0 Å². The van der Waals surface area contributed by atoms with E-state index in [0.717, 1.165) is 19.3 Å². The van der Waals surface area contributed by atoms with Crippen molar-refractivity contribution in [2.24, 2.45) is 5.92 Å². The highest BCUT2D eigenvalue weighted by Crippen LogP contribution is 2.11. The highest BCUT2D eigenvalue weighted by molar-refractivity contribution is 5.91. The lowest BCUT2D eigenvalue weighted by Crippen LogP contribution is -2.33. The molecule has 0 bridgehead atoms. The number of carbonyl (C=O) groups is 1. The fourth-order valence-electron chi connectivity index (χ4n) is 2.18. The number of ether oxygens (including phenoxy) is 1. The van der Waals surface area contributed by atoms with E-state index in [-0.39, 0.29) is 17.2 Å². The highest BCUT2D eigenvalue weighted by atomic mass is 16.5. The molecule has 0 spiro atoms. The maximum Gasteiger partial charge on any atom is 0.271 e. The molecule has 0 aliphatic rings. The van der Waals surface area contributed by atoms with Gasteiger partial charge in [0.15, 0.2) is 0 Å². The third kappa shape index (κ3) is 5.97. The molecule has 1 N–H and O–H groups in total. The van der Waals surface area contributed by atoms with Crippen LogP contribution in [0.3, 0.4) is 0 Å². The number of amides is 1. The maximum absolute atomic E-state index is 12.2. The summed E-state index contributed by atoms with van der Waals surface area (Å²) in [6, 6.07) is 2.83. The van der Waals surface area contributed by atoms with Gasteiger partial charge < -0.3 is 10.1 Å². The summed E-state index contributed by atoms with van der Waals surface area (Å²) in [6.07, 6.45) is 4.50. The van der Waals surface area contributed by atoms with Gasteiger partial charge in [0.1, 0.15) is 5.69 Å². The molecule has 1 aromatic heterocycles. The van der Waals surface area contributed by atoms with E-state index in [9.17, 15) is 9.59 Å². The largest absolute Gasteiger partial charge is 0.383 e. The van der Waals surface area contributed by atoms with Crippen molar-refractivity contribution in [1.82, 2.24) is 15.1 Å². The van der Waals surface area contributed by atoms with Gasteiger partial charge in [-0.3, -0.25) is 9.59 Å². The summed E-state index contributed by atoms with van der Waals surface area (Å²) in [7, 11) is 1.56. The van der Waals surface area contributed by atoms with Crippen molar-refractivity contribution < 1.29 is 9.53 Å². The second-order valence-corrected chi connectivity index (χ2v) is 5.40. The predicted molar refractivity (Wildman–Crippen MR) is 86.0 cm³/mol. The third-order valence-electron chi connectivity index (χ3n) is 3.70. The zero-order valence-electron chi connectivity index (χ0n) is 13.8. The SMILES string of the molecule is CCCCC(CC)CNC(=O)c1ccc(=O)n(CCOC)n1. The number of nitrogens with zero attached hydrogens (tertiary/aromatic N) is 2. The van der Waals surface area contributed by atoms with Gasteiger partial charge in [-0.25, -0.2) is 4.68 Å². The van der Waals surface area contributed by atoms with Gasteiger partial charge in [0.25, 0.3) is 11.5 Å². The third-order valence-corrected chi connectivity index (χ3v) is 3.70. The van der Waals surface area contributed by atoms with Gasteiger partial charge in [-0.2, -0.15) is 5.10 Å². The lowest BCUT2D eigenvalue weighted by molar-refractivity contribution is 0.0937. The molecular formula is C16H27N3O3. The minimum absolute atomic E-state index is 0.233. The molecule has 1 heterocycles. The van der Waals surface area contributed by atoms with Crippen molar-refractivity contribution in [3.8, 4) is 0 Å². The molecule has 0 aromatic carbocycles. The highest BCUT2D eigenvalue weighted by Gasteiger charge is 2.12. The number of carbonyl (C=O) groups excluding carboxylic acids is 1. The van der Waals surface area contributed by atoms with Crippen molar-refractivity contribution in [1.29, 1.82) is 0 Å². The molecule has 1 rings (SSSR count). The van der Waals surface area contributed by atoms with Crippen LogP contribution in [0.25, 0.3) is 0 Å². The summed E-state index contributed by atoms with van der Waals surface area (Å²) in [4.78, 5) is 23.8. The number of hydrogen-bond acceptors (Lipinski definition) is 4. The molecular weight excluding hydrogens is 282 g/mol. The summed E-state index contributed by atoms with van der Waals surface area (Å²) >= 11 is 0. The maximum atomic E-state index is 12.2. The Morgan fingerprint density at radius 3 is 2.82 bits per heavy atom. The molecule has 0 aliphatic heterocycles. The average Bonchev–Trinajstić information content (AvgIpc) is 2.54. The van der Waals surface area contributed by atoms with Crippen LogP contribution in [0.15, 0.2) is 16.9 Å². The molecule has 6 nitrogen and oxygen atoms in total. The molecule has 6 heteroatoms. The standard InChI is InChI=1S/C16H27N3O3/c1-4-6-7-13(5-2)12-17-16(21)14-8-9-15(20)19(18-14)10-11-22-3/h8-9,13H,4-7,10-12H2,1-3H3,(H,17,21). The van der Waals surface area contributed by atoms with Gasteiger partial charge >= 0.3 is 0 Å². The van der Waals surface area contributed by atoms with Gasteiger partial charge in [0, 0.05) is 19.7 Å². The summed E-state index contributed by atoms with van der Waals surface area (Å²) in [5.41, 5.74) is 0.0315. The minimum atomic E-state index is -0.235. The summed E-state index contributed by atoms with van der Waals surface area (Å²) in [5, 5.41) is 7.00. The Morgan fingerprint density at radius 2 is 2.18 bits per heavy atom. The van der Waals surface area contributed by atoms with Gasteiger partial charge in [0.05, 0.1) is 13.2 Å². The number of nitrogens with one attached hydrogen (secondary N) is 1. The first kappa shape index (κ1) is 18.4. The van der Waals surface area contributed by atoms with Crippen molar-refractivity contribution >= 4 is 5.91 Å². The van der Waals surface area contributed by atoms with Crippen molar-refractivity contribution in [2.45, 2.75) is 46.1 Å². The molecule has 1 amide bonds. The fraction of sp³-hybridized carbons (Fsp3) is 0.688. The Balaban J connectivity index is 2.63. The molecule has 0 saturated carbocycles. The van der Waals surface area contributed by atoms with E-state index in [0.29, 0.717) is 25.6 Å². The van der Waals surface area contributed by atoms with E-state index in [1.807, 2.05) is 0 Å². The Labute approximate surface area is 131 Å². The molecule has 0 saturated heterocycles. The van der Waals surface area contributed by atoms with Crippen LogP contribution >= 0.6 is 0 Å². The van der Waals surface area contributed by atoms with Crippen molar-refractivity contribution in [3.63, 3.8) is 0 Å². The lowest BCUT2D eigenvalue weighted by Gasteiger charge is -2.15. The molecule has 22 heavy (non-hydrogen) atoms. The van der Waals surface area contributed by atoms with Gasteiger partial charge in [-0.05, 0) is 18.4 Å².